The van der Waals surface area contributed by atoms with Crippen molar-refractivity contribution in [3.05, 3.63) is 22.4 Å². The Morgan fingerprint density at radius 3 is 2.85 bits per heavy atom. The molecule has 1 aromatic heterocycles. The molecule has 2 fully saturated rings. The Balaban J connectivity index is 1.94. The number of carbonyl (C=O) groups is 2. The summed E-state index contributed by atoms with van der Waals surface area (Å²) in [4.78, 5) is 30.1. The average molecular weight is 292 g/mol. The van der Waals surface area contributed by atoms with Crippen LogP contribution in [0.2, 0.25) is 0 Å². The summed E-state index contributed by atoms with van der Waals surface area (Å²) in [5.41, 5.74) is 0. The number of rotatable bonds is 3. The van der Waals surface area contributed by atoms with Gasteiger partial charge in [0.1, 0.15) is 12.1 Å². The first-order chi connectivity index (χ1) is 9.65. The molecule has 3 heterocycles. The Bertz CT molecular complexity index is 514. The third-order valence-electron chi connectivity index (χ3n) is 4.44. The number of amides is 2. The van der Waals surface area contributed by atoms with E-state index in [4.69, 9.17) is 0 Å². The summed E-state index contributed by atoms with van der Waals surface area (Å²) in [5.74, 6) is 0.247. The molecule has 108 valence electrons. The molecule has 2 aliphatic rings. The van der Waals surface area contributed by atoms with E-state index in [0.29, 0.717) is 0 Å². The van der Waals surface area contributed by atoms with Gasteiger partial charge in [-0.05, 0) is 37.6 Å². The lowest BCUT2D eigenvalue weighted by Gasteiger charge is -2.44. The van der Waals surface area contributed by atoms with Crippen LogP contribution in [0, 0.1) is 0 Å². The van der Waals surface area contributed by atoms with Crippen molar-refractivity contribution in [3.8, 4) is 0 Å². The number of hydrogen-bond donors (Lipinski definition) is 0. The van der Waals surface area contributed by atoms with Crippen molar-refractivity contribution in [2.24, 2.45) is 0 Å². The zero-order valence-electron chi connectivity index (χ0n) is 11.9. The summed E-state index contributed by atoms with van der Waals surface area (Å²) in [5, 5.41) is 2.03. The van der Waals surface area contributed by atoms with Crippen LogP contribution in [-0.2, 0) is 9.59 Å². The van der Waals surface area contributed by atoms with E-state index < -0.39 is 0 Å². The maximum absolute atomic E-state index is 12.8. The van der Waals surface area contributed by atoms with Crippen molar-refractivity contribution in [1.82, 2.24) is 9.80 Å². The molecule has 0 aromatic carbocycles. The standard InChI is InChI=1S/C15H20N2O2S/c1-3-11(13-7-5-9-20-13)17-10(2)14(18)16-8-4-6-12(16)15(17)19/h5,7,9-12H,3-4,6,8H2,1-2H3. The maximum Gasteiger partial charge on any atom is 0.246 e. The van der Waals surface area contributed by atoms with Gasteiger partial charge in [-0.3, -0.25) is 9.59 Å². The molecular weight excluding hydrogens is 272 g/mol. The van der Waals surface area contributed by atoms with Crippen LogP contribution in [0.1, 0.15) is 44.0 Å². The van der Waals surface area contributed by atoms with Crippen molar-refractivity contribution >= 4 is 23.2 Å². The highest BCUT2D eigenvalue weighted by Crippen LogP contribution is 2.36. The molecule has 2 amide bonds. The van der Waals surface area contributed by atoms with Crippen LogP contribution in [0.3, 0.4) is 0 Å². The fourth-order valence-electron chi connectivity index (χ4n) is 3.45. The van der Waals surface area contributed by atoms with Gasteiger partial charge in [0, 0.05) is 11.4 Å². The van der Waals surface area contributed by atoms with E-state index in [-0.39, 0.29) is 29.9 Å². The highest BCUT2D eigenvalue weighted by molar-refractivity contribution is 7.10. The molecular formula is C15H20N2O2S. The van der Waals surface area contributed by atoms with Gasteiger partial charge in [0.15, 0.2) is 0 Å². The van der Waals surface area contributed by atoms with Crippen molar-refractivity contribution in [2.75, 3.05) is 6.54 Å². The minimum absolute atomic E-state index is 0.0317. The van der Waals surface area contributed by atoms with Crippen molar-refractivity contribution in [1.29, 1.82) is 0 Å². The summed E-state index contributed by atoms with van der Waals surface area (Å²) < 4.78 is 0. The molecule has 20 heavy (non-hydrogen) atoms. The summed E-state index contributed by atoms with van der Waals surface area (Å²) in [6, 6.07) is 3.54. The molecule has 1 aromatic rings. The van der Waals surface area contributed by atoms with Crippen molar-refractivity contribution < 1.29 is 9.59 Å². The van der Waals surface area contributed by atoms with Gasteiger partial charge in [0.25, 0.3) is 0 Å². The second kappa shape index (κ2) is 5.20. The van der Waals surface area contributed by atoms with Gasteiger partial charge in [-0.1, -0.05) is 13.0 Å². The molecule has 3 rings (SSSR count). The Morgan fingerprint density at radius 2 is 2.20 bits per heavy atom. The quantitative estimate of drug-likeness (QED) is 0.858. The molecule has 2 aliphatic heterocycles. The van der Waals surface area contributed by atoms with Gasteiger partial charge in [-0.2, -0.15) is 0 Å². The van der Waals surface area contributed by atoms with Gasteiger partial charge in [-0.25, -0.2) is 0 Å². The Morgan fingerprint density at radius 1 is 1.40 bits per heavy atom. The lowest BCUT2D eigenvalue weighted by atomic mass is 10.0. The van der Waals surface area contributed by atoms with Gasteiger partial charge < -0.3 is 9.80 Å². The normalized spacial score (nSPS) is 27.9. The van der Waals surface area contributed by atoms with E-state index in [1.165, 1.54) is 4.88 Å². The molecule has 2 saturated heterocycles. The number of carbonyl (C=O) groups excluding carboxylic acids is 2. The number of nitrogens with zero attached hydrogens (tertiary/aromatic N) is 2. The third-order valence-corrected chi connectivity index (χ3v) is 5.42. The minimum Gasteiger partial charge on any atom is -0.329 e. The van der Waals surface area contributed by atoms with E-state index in [9.17, 15) is 9.59 Å². The van der Waals surface area contributed by atoms with E-state index in [0.717, 1.165) is 25.8 Å². The van der Waals surface area contributed by atoms with Crippen LogP contribution in [0.5, 0.6) is 0 Å². The lowest BCUT2D eigenvalue weighted by molar-refractivity contribution is -0.161. The highest BCUT2D eigenvalue weighted by atomic mass is 32.1. The molecule has 5 heteroatoms. The maximum atomic E-state index is 12.8. The fourth-order valence-corrected chi connectivity index (χ4v) is 4.36. The number of piperazine rings is 1. The van der Waals surface area contributed by atoms with Gasteiger partial charge >= 0.3 is 0 Å². The summed E-state index contributed by atoms with van der Waals surface area (Å²) in [7, 11) is 0. The van der Waals surface area contributed by atoms with Gasteiger partial charge in [0.2, 0.25) is 11.8 Å². The first-order valence-electron chi connectivity index (χ1n) is 7.31. The Labute approximate surface area is 123 Å². The van der Waals surface area contributed by atoms with E-state index in [2.05, 4.69) is 13.0 Å². The molecule has 4 nitrogen and oxygen atoms in total. The van der Waals surface area contributed by atoms with E-state index in [1.54, 1.807) is 16.2 Å². The van der Waals surface area contributed by atoms with E-state index in [1.807, 2.05) is 23.3 Å². The zero-order valence-corrected chi connectivity index (χ0v) is 12.7. The fraction of sp³-hybridized carbons (Fsp3) is 0.600. The number of thiophene rings is 1. The largest absolute Gasteiger partial charge is 0.329 e. The molecule has 0 aliphatic carbocycles. The molecule has 0 radical (unpaired) electrons. The first-order valence-corrected chi connectivity index (χ1v) is 8.19. The minimum atomic E-state index is -0.344. The topological polar surface area (TPSA) is 40.6 Å². The number of hydrogen-bond acceptors (Lipinski definition) is 3. The third kappa shape index (κ3) is 1.95. The zero-order chi connectivity index (χ0) is 14.3. The van der Waals surface area contributed by atoms with Crippen LogP contribution in [-0.4, -0.2) is 40.2 Å². The predicted octanol–water partition coefficient (Wildman–Crippen LogP) is 2.42. The second-order valence-electron chi connectivity index (χ2n) is 5.55. The Kier molecular flexibility index (Phi) is 3.54. The summed E-state index contributed by atoms with van der Waals surface area (Å²) >= 11 is 1.66. The smallest absolute Gasteiger partial charge is 0.246 e. The monoisotopic (exact) mass is 292 g/mol. The van der Waals surface area contributed by atoms with Crippen molar-refractivity contribution in [2.45, 2.75) is 51.2 Å². The van der Waals surface area contributed by atoms with Crippen LogP contribution in [0.25, 0.3) is 0 Å². The summed E-state index contributed by atoms with van der Waals surface area (Å²) in [6.45, 7) is 4.68. The molecule has 3 atom stereocenters. The Hall–Kier alpha value is -1.36. The van der Waals surface area contributed by atoms with Crippen molar-refractivity contribution in [3.63, 3.8) is 0 Å². The molecule has 0 spiro atoms. The van der Waals surface area contributed by atoms with Gasteiger partial charge in [0.05, 0.1) is 6.04 Å². The SMILES string of the molecule is CCC(c1cccs1)N1C(=O)C2CCCN2C(=O)C1C. The molecule has 0 bridgehead atoms. The van der Waals surface area contributed by atoms with Crippen LogP contribution >= 0.6 is 11.3 Å². The average Bonchev–Trinajstić information content (AvgIpc) is 3.11. The van der Waals surface area contributed by atoms with Crippen LogP contribution in [0.15, 0.2) is 17.5 Å². The lowest BCUT2D eigenvalue weighted by Crippen LogP contribution is -2.62. The van der Waals surface area contributed by atoms with Crippen LogP contribution < -0.4 is 0 Å². The van der Waals surface area contributed by atoms with Gasteiger partial charge in [-0.15, -0.1) is 11.3 Å². The predicted molar refractivity (Wildman–Crippen MR) is 78.4 cm³/mol. The van der Waals surface area contributed by atoms with E-state index >= 15 is 0 Å². The number of fused-ring (bicyclic) bond motifs is 1. The molecule has 0 N–H and O–H groups in total. The second-order valence-corrected chi connectivity index (χ2v) is 6.53. The summed E-state index contributed by atoms with van der Waals surface area (Å²) in [6.07, 6.45) is 2.60. The molecule has 0 saturated carbocycles. The highest BCUT2D eigenvalue weighted by Gasteiger charge is 2.48. The van der Waals surface area contributed by atoms with Crippen LogP contribution in [0.4, 0.5) is 0 Å². The molecule has 3 unspecified atom stereocenters. The first kappa shape index (κ1) is 13.6.